The van der Waals surface area contributed by atoms with Crippen molar-refractivity contribution in [2.24, 2.45) is 0 Å². The molecule has 1 aliphatic rings. The Morgan fingerprint density at radius 1 is 1.41 bits per heavy atom. The van der Waals surface area contributed by atoms with Crippen LogP contribution >= 0.6 is 0 Å². The Labute approximate surface area is 128 Å². The molecular formula is C16H19N3O3. The van der Waals surface area contributed by atoms with E-state index in [2.05, 4.69) is 15.6 Å². The van der Waals surface area contributed by atoms with E-state index >= 15 is 0 Å². The molecule has 22 heavy (non-hydrogen) atoms. The lowest BCUT2D eigenvalue weighted by Gasteiger charge is -2.29. The number of urea groups is 1. The summed E-state index contributed by atoms with van der Waals surface area (Å²) >= 11 is 0. The number of benzene rings is 1. The SMILES string of the molecule is Cc1nc(NC(=O)N[C@]2(CO)CCc3ccccc32)oc1C. The summed E-state index contributed by atoms with van der Waals surface area (Å²) < 4.78 is 5.34. The minimum atomic E-state index is -0.753. The molecule has 1 atom stereocenters. The minimum Gasteiger partial charge on any atom is -0.428 e. The number of carbonyl (C=O) groups excluding carboxylic acids is 1. The Kier molecular flexibility index (Phi) is 3.62. The highest BCUT2D eigenvalue weighted by atomic mass is 16.4. The zero-order valence-corrected chi connectivity index (χ0v) is 12.6. The van der Waals surface area contributed by atoms with E-state index in [4.69, 9.17) is 4.42 Å². The fourth-order valence-electron chi connectivity index (χ4n) is 2.89. The van der Waals surface area contributed by atoms with Crippen molar-refractivity contribution in [3.8, 4) is 0 Å². The second-order valence-corrected chi connectivity index (χ2v) is 5.64. The van der Waals surface area contributed by atoms with Gasteiger partial charge in [-0.2, -0.15) is 4.98 Å². The topological polar surface area (TPSA) is 87.4 Å². The summed E-state index contributed by atoms with van der Waals surface area (Å²) in [5, 5.41) is 15.3. The van der Waals surface area contributed by atoms with Crippen molar-refractivity contribution in [2.45, 2.75) is 32.2 Å². The first-order valence-electron chi connectivity index (χ1n) is 7.26. The largest absolute Gasteiger partial charge is 0.428 e. The van der Waals surface area contributed by atoms with Crippen molar-refractivity contribution < 1.29 is 14.3 Å². The fourth-order valence-corrected chi connectivity index (χ4v) is 2.89. The molecule has 0 spiro atoms. The zero-order chi connectivity index (χ0) is 15.7. The van der Waals surface area contributed by atoms with Gasteiger partial charge in [-0.15, -0.1) is 0 Å². The monoisotopic (exact) mass is 301 g/mol. The van der Waals surface area contributed by atoms with Gasteiger partial charge in [0.2, 0.25) is 0 Å². The van der Waals surface area contributed by atoms with Crippen LogP contribution in [0.4, 0.5) is 10.8 Å². The van der Waals surface area contributed by atoms with Crippen LogP contribution in [0.2, 0.25) is 0 Å². The first kappa shape index (κ1) is 14.6. The van der Waals surface area contributed by atoms with Crippen molar-refractivity contribution in [2.75, 3.05) is 11.9 Å². The van der Waals surface area contributed by atoms with Crippen LogP contribution < -0.4 is 10.6 Å². The highest BCUT2D eigenvalue weighted by Crippen LogP contribution is 2.36. The number of nitrogens with one attached hydrogen (secondary N) is 2. The number of aliphatic hydroxyl groups excluding tert-OH is 1. The Morgan fingerprint density at radius 3 is 2.86 bits per heavy atom. The van der Waals surface area contributed by atoms with E-state index in [0.717, 1.165) is 23.2 Å². The van der Waals surface area contributed by atoms with Crippen LogP contribution in [0.1, 0.15) is 29.0 Å². The summed E-state index contributed by atoms with van der Waals surface area (Å²) in [6.45, 7) is 3.44. The summed E-state index contributed by atoms with van der Waals surface area (Å²) in [5.41, 5.74) is 2.10. The molecule has 0 saturated heterocycles. The van der Waals surface area contributed by atoms with E-state index in [-0.39, 0.29) is 12.6 Å². The molecule has 2 amide bonds. The molecule has 0 bridgehead atoms. The minimum absolute atomic E-state index is 0.152. The maximum absolute atomic E-state index is 12.2. The first-order valence-corrected chi connectivity index (χ1v) is 7.26. The molecule has 1 heterocycles. The van der Waals surface area contributed by atoms with E-state index in [9.17, 15) is 9.90 Å². The van der Waals surface area contributed by atoms with Gasteiger partial charge in [0, 0.05) is 0 Å². The molecule has 2 aromatic rings. The van der Waals surface area contributed by atoms with Gasteiger partial charge < -0.3 is 14.8 Å². The van der Waals surface area contributed by atoms with Crippen LogP contribution in [0.15, 0.2) is 28.7 Å². The number of oxazole rings is 1. The molecule has 1 aromatic carbocycles. The molecule has 0 fully saturated rings. The van der Waals surface area contributed by atoms with E-state index in [1.165, 1.54) is 0 Å². The van der Waals surface area contributed by atoms with Gasteiger partial charge in [-0.25, -0.2) is 4.79 Å². The average Bonchev–Trinajstić information content (AvgIpc) is 3.01. The van der Waals surface area contributed by atoms with Crippen molar-refractivity contribution in [3.63, 3.8) is 0 Å². The van der Waals surface area contributed by atoms with E-state index in [0.29, 0.717) is 12.2 Å². The fraction of sp³-hybridized carbons (Fsp3) is 0.375. The van der Waals surface area contributed by atoms with Gasteiger partial charge in [0.15, 0.2) is 0 Å². The van der Waals surface area contributed by atoms with E-state index in [1.807, 2.05) is 31.2 Å². The third-order valence-corrected chi connectivity index (χ3v) is 4.23. The molecule has 1 aliphatic carbocycles. The van der Waals surface area contributed by atoms with Gasteiger partial charge in [0.1, 0.15) is 5.76 Å². The third kappa shape index (κ3) is 2.46. The number of amides is 2. The normalized spacial score (nSPS) is 19.8. The van der Waals surface area contributed by atoms with Crippen LogP contribution in [0, 0.1) is 13.8 Å². The first-order chi connectivity index (χ1) is 10.5. The summed E-state index contributed by atoms with van der Waals surface area (Å²) in [6, 6.07) is 7.56. The van der Waals surface area contributed by atoms with Crippen molar-refractivity contribution >= 4 is 12.0 Å². The van der Waals surface area contributed by atoms with Crippen molar-refractivity contribution in [3.05, 3.63) is 46.8 Å². The van der Waals surface area contributed by atoms with Crippen molar-refractivity contribution in [1.82, 2.24) is 10.3 Å². The summed E-state index contributed by atoms with van der Waals surface area (Å²) in [4.78, 5) is 16.3. The van der Waals surface area contributed by atoms with Crippen LogP contribution in [0.25, 0.3) is 0 Å². The quantitative estimate of drug-likeness (QED) is 0.811. The molecule has 0 unspecified atom stereocenters. The standard InChI is InChI=1S/C16H19N3O3/c1-10-11(2)22-15(17-10)18-14(21)19-16(9-20)8-7-12-5-3-4-6-13(12)16/h3-6,20H,7-9H2,1-2H3,(H2,17,18,19,21)/t16-/m0/s1. The summed E-state index contributed by atoms with van der Waals surface area (Å²) in [5.74, 6) is 0.665. The summed E-state index contributed by atoms with van der Waals surface area (Å²) in [6.07, 6.45) is 1.49. The lowest BCUT2D eigenvalue weighted by molar-refractivity contribution is 0.163. The molecule has 1 aromatic heterocycles. The molecular weight excluding hydrogens is 282 g/mol. The number of aromatic nitrogens is 1. The number of anilines is 1. The maximum atomic E-state index is 12.2. The second kappa shape index (κ2) is 5.46. The Bertz CT molecular complexity index is 691. The lowest BCUT2D eigenvalue weighted by Crippen LogP contribution is -2.48. The number of aryl methyl sites for hydroxylation is 3. The predicted octanol–water partition coefficient (Wildman–Crippen LogP) is 2.25. The molecule has 6 nitrogen and oxygen atoms in total. The molecule has 3 rings (SSSR count). The molecule has 6 heteroatoms. The van der Waals surface area contributed by atoms with Gasteiger partial charge in [-0.3, -0.25) is 5.32 Å². The average molecular weight is 301 g/mol. The van der Waals surface area contributed by atoms with Crippen LogP contribution in [-0.2, 0) is 12.0 Å². The smallest absolute Gasteiger partial charge is 0.323 e. The number of carbonyl (C=O) groups is 1. The zero-order valence-electron chi connectivity index (χ0n) is 12.6. The van der Waals surface area contributed by atoms with Crippen LogP contribution in [-0.4, -0.2) is 22.7 Å². The number of nitrogens with zero attached hydrogens (tertiary/aromatic N) is 1. The van der Waals surface area contributed by atoms with Gasteiger partial charge in [-0.1, -0.05) is 24.3 Å². The second-order valence-electron chi connectivity index (χ2n) is 5.64. The van der Waals surface area contributed by atoms with Gasteiger partial charge in [-0.05, 0) is 37.8 Å². The Hall–Kier alpha value is -2.34. The number of hydrogen-bond donors (Lipinski definition) is 3. The molecule has 0 radical (unpaired) electrons. The third-order valence-electron chi connectivity index (χ3n) is 4.23. The number of fused-ring (bicyclic) bond motifs is 1. The van der Waals surface area contributed by atoms with E-state index < -0.39 is 11.6 Å². The Morgan fingerprint density at radius 2 is 2.18 bits per heavy atom. The molecule has 0 aliphatic heterocycles. The Balaban J connectivity index is 1.77. The van der Waals surface area contributed by atoms with E-state index in [1.54, 1.807) is 6.92 Å². The van der Waals surface area contributed by atoms with Crippen LogP contribution in [0.5, 0.6) is 0 Å². The number of hydrogen-bond acceptors (Lipinski definition) is 4. The number of rotatable bonds is 3. The summed E-state index contributed by atoms with van der Waals surface area (Å²) in [7, 11) is 0. The molecule has 116 valence electrons. The highest BCUT2D eigenvalue weighted by molar-refractivity contribution is 5.88. The molecule has 0 saturated carbocycles. The molecule has 3 N–H and O–H groups in total. The maximum Gasteiger partial charge on any atom is 0.323 e. The number of aliphatic hydroxyl groups is 1. The van der Waals surface area contributed by atoms with Gasteiger partial charge in [0.05, 0.1) is 17.8 Å². The van der Waals surface area contributed by atoms with Crippen LogP contribution in [0.3, 0.4) is 0 Å². The lowest BCUT2D eigenvalue weighted by atomic mass is 9.93. The van der Waals surface area contributed by atoms with Gasteiger partial charge in [0.25, 0.3) is 0 Å². The van der Waals surface area contributed by atoms with Crippen molar-refractivity contribution in [1.29, 1.82) is 0 Å². The highest BCUT2D eigenvalue weighted by Gasteiger charge is 2.39. The predicted molar refractivity (Wildman–Crippen MR) is 81.7 cm³/mol. The van der Waals surface area contributed by atoms with Gasteiger partial charge >= 0.3 is 12.0 Å².